The molecule has 0 radical (unpaired) electrons. The Hall–Kier alpha value is -2.53. The minimum absolute atomic E-state index is 0.160. The molecule has 1 saturated carbocycles. The number of allylic oxidation sites excluding steroid dienone is 4. The first kappa shape index (κ1) is 20.7. The van der Waals surface area contributed by atoms with Crippen molar-refractivity contribution in [3.05, 3.63) is 64.4 Å². The van der Waals surface area contributed by atoms with Crippen LogP contribution in [0, 0.1) is 5.92 Å². The first-order chi connectivity index (χ1) is 14.6. The lowest BCUT2D eigenvalue weighted by molar-refractivity contribution is -0.467. The van der Waals surface area contributed by atoms with Gasteiger partial charge in [0.15, 0.2) is 0 Å². The van der Waals surface area contributed by atoms with Gasteiger partial charge in [-0.25, -0.2) is 0 Å². The number of hydrogen-bond donors (Lipinski definition) is 1. The minimum Gasteiger partial charge on any atom is -0.487 e. The maximum Gasteiger partial charge on any atom is 0.354 e. The topological polar surface area (TPSA) is 39.9 Å². The van der Waals surface area contributed by atoms with E-state index < -0.39 is 0 Å². The van der Waals surface area contributed by atoms with E-state index in [0.717, 1.165) is 53.0 Å². The number of hydrazone groups is 1. The van der Waals surface area contributed by atoms with Crippen LogP contribution in [-0.2, 0) is 6.42 Å². The quantitative estimate of drug-likeness (QED) is 0.614. The van der Waals surface area contributed by atoms with Gasteiger partial charge >= 0.3 is 5.84 Å². The van der Waals surface area contributed by atoms with Gasteiger partial charge in [-0.15, -0.1) is 5.01 Å². The third-order valence-electron chi connectivity index (χ3n) is 5.79. The zero-order valence-corrected chi connectivity index (χ0v) is 18.5. The second-order valence-corrected chi connectivity index (χ2v) is 8.52. The molecule has 158 valence electrons. The number of halogens is 1. The van der Waals surface area contributed by atoms with Gasteiger partial charge in [0, 0.05) is 21.9 Å². The normalized spacial score (nSPS) is 21.6. The van der Waals surface area contributed by atoms with Crippen LogP contribution in [0.4, 0.5) is 0 Å². The number of amidine groups is 1. The highest BCUT2D eigenvalue weighted by Gasteiger charge is 2.38. The molecule has 0 saturated heterocycles. The third kappa shape index (κ3) is 4.62. The van der Waals surface area contributed by atoms with Crippen LogP contribution in [0.15, 0.2) is 58.9 Å². The van der Waals surface area contributed by atoms with E-state index in [1.807, 2.05) is 47.8 Å². The molecule has 1 N–H and O–H groups in total. The molecule has 1 unspecified atom stereocenters. The zero-order chi connectivity index (χ0) is 21.1. The molecule has 4 rings (SSSR count). The Morgan fingerprint density at radius 3 is 2.97 bits per heavy atom. The highest BCUT2D eigenvalue weighted by molar-refractivity contribution is 6.31. The number of ether oxygens (including phenoxy) is 1. The summed E-state index contributed by atoms with van der Waals surface area (Å²) >= 11 is 6.46. The van der Waals surface area contributed by atoms with E-state index in [1.165, 1.54) is 18.4 Å². The summed E-state index contributed by atoms with van der Waals surface area (Å²) in [5.41, 5.74) is 3.31. The minimum atomic E-state index is -0.160. The number of nitrogens with zero attached hydrogens (tertiary/aromatic N) is 3. The van der Waals surface area contributed by atoms with Gasteiger partial charge in [-0.1, -0.05) is 42.0 Å². The van der Waals surface area contributed by atoms with Crippen molar-refractivity contribution >= 4 is 24.2 Å². The predicted octanol–water partition coefficient (Wildman–Crippen LogP) is 4.70. The lowest BCUT2D eigenvalue weighted by Gasteiger charge is -2.20. The SMILES string of the molecule is C=[N+]1C(C2=CC=CCC2)=NN(C)C1NC(=CC)COc1cccc(Cl)c1CC1CC1. The summed E-state index contributed by atoms with van der Waals surface area (Å²) in [7, 11) is 1.96. The molecule has 1 heterocycles. The van der Waals surface area contributed by atoms with Crippen molar-refractivity contribution in [3.8, 4) is 5.75 Å². The summed E-state index contributed by atoms with van der Waals surface area (Å²) in [4.78, 5) is 0. The number of rotatable bonds is 8. The molecule has 3 aliphatic rings. The molecule has 1 aromatic carbocycles. The standard InChI is InChI=1S/C24H30ClN4O/c1-4-19(16-30-22-12-8-11-21(25)20(22)15-17-13-14-17)26-24-28(2)23(27-29(24)3)18-9-6-5-7-10-18/h4-6,8-9,11-12,17,24,26H,2,7,10,13-16H2,1,3H3/q+1. The fraction of sp³-hybridized carbons (Fsp3) is 0.417. The summed E-state index contributed by atoms with van der Waals surface area (Å²) in [6.07, 6.45) is 13.9. The summed E-state index contributed by atoms with van der Waals surface area (Å²) in [6.45, 7) is 6.69. The van der Waals surface area contributed by atoms with Gasteiger partial charge in [0.05, 0.1) is 18.9 Å². The Morgan fingerprint density at radius 2 is 2.27 bits per heavy atom. The van der Waals surface area contributed by atoms with Crippen molar-refractivity contribution in [1.82, 2.24) is 10.3 Å². The molecule has 30 heavy (non-hydrogen) atoms. The van der Waals surface area contributed by atoms with Crippen LogP contribution in [0.5, 0.6) is 5.75 Å². The van der Waals surface area contributed by atoms with Gasteiger partial charge < -0.3 is 10.1 Å². The van der Waals surface area contributed by atoms with Gasteiger partial charge in [-0.2, -0.15) is 4.58 Å². The van der Waals surface area contributed by atoms with Crippen molar-refractivity contribution in [2.45, 2.75) is 45.3 Å². The van der Waals surface area contributed by atoms with Crippen LogP contribution in [0.2, 0.25) is 5.02 Å². The Balaban J connectivity index is 1.40. The van der Waals surface area contributed by atoms with E-state index in [0.29, 0.717) is 6.61 Å². The summed E-state index contributed by atoms with van der Waals surface area (Å²) in [5.74, 6) is 2.54. The first-order valence-corrected chi connectivity index (χ1v) is 11.0. The lowest BCUT2D eigenvalue weighted by atomic mass is 10.0. The first-order valence-electron chi connectivity index (χ1n) is 10.7. The molecule has 1 atom stereocenters. The smallest absolute Gasteiger partial charge is 0.354 e. The Bertz CT molecular complexity index is 943. The maximum atomic E-state index is 6.46. The average Bonchev–Trinajstić information content (AvgIpc) is 3.54. The van der Waals surface area contributed by atoms with E-state index >= 15 is 0 Å². The second-order valence-electron chi connectivity index (χ2n) is 8.11. The maximum absolute atomic E-state index is 6.46. The Kier molecular flexibility index (Phi) is 6.28. The molecule has 0 aromatic heterocycles. The van der Waals surface area contributed by atoms with E-state index in [2.05, 4.69) is 30.3 Å². The molecule has 1 aromatic rings. The number of hydrogen-bond acceptors (Lipinski definition) is 4. The largest absolute Gasteiger partial charge is 0.487 e. The van der Waals surface area contributed by atoms with Crippen LogP contribution in [0.3, 0.4) is 0 Å². The van der Waals surface area contributed by atoms with E-state index in [9.17, 15) is 0 Å². The lowest BCUT2D eigenvalue weighted by Crippen LogP contribution is -2.46. The van der Waals surface area contributed by atoms with Crippen LogP contribution < -0.4 is 10.1 Å². The van der Waals surface area contributed by atoms with Gasteiger partial charge in [-0.3, -0.25) is 0 Å². The van der Waals surface area contributed by atoms with Crippen LogP contribution in [-0.4, -0.2) is 42.1 Å². The van der Waals surface area contributed by atoms with Crippen LogP contribution in [0.25, 0.3) is 0 Å². The highest BCUT2D eigenvalue weighted by Crippen LogP contribution is 2.38. The molecular formula is C24H30ClN4O+. The monoisotopic (exact) mass is 425 g/mol. The molecule has 1 aliphatic heterocycles. The van der Waals surface area contributed by atoms with Crippen LogP contribution in [0.1, 0.15) is 38.2 Å². The van der Waals surface area contributed by atoms with Crippen molar-refractivity contribution < 1.29 is 9.31 Å². The molecule has 0 spiro atoms. The fourth-order valence-corrected chi connectivity index (χ4v) is 4.04. The van der Waals surface area contributed by atoms with E-state index in [-0.39, 0.29) is 6.29 Å². The second kappa shape index (κ2) is 9.09. The van der Waals surface area contributed by atoms with Crippen LogP contribution >= 0.6 is 11.6 Å². The number of nitrogens with one attached hydrogen (secondary N) is 1. The fourth-order valence-electron chi connectivity index (χ4n) is 3.80. The van der Waals surface area contributed by atoms with Crippen molar-refractivity contribution in [2.24, 2.45) is 11.0 Å². The summed E-state index contributed by atoms with van der Waals surface area (Å²) in [5, 5.41) is 10.9. The molecule has 1 fully saturated rings. The van der Waals surface area contributed by atoms with Gasteiger partial charge in [-0.05, 0) is 57.1 Å². The highest BCUT2D eigenvalue weighted by atomic mass is 35.5. The van der Waals surface area contributed by atoms with Crippen molar-refractivity contribution in [2.75, 3.05) is 13.7 Å². The number of benzene rings is 1. The third-order valence-corrected chi connectivity index (χ3v) is 6.14. The zero-order valence-electron chi connectivity index (χ0n) is 17.8. The summed E-state index contributed by atoms with van der Waals surface area (Å²) < 4.78 is 8.13. The molecule has 0 bridgehead atoms. The molecule has 0 amide bonds. The Labute approximate surface area is 184 Å². The Morgan fingerprint density at radius 1 is 1.43 bits per heavy atom. The van der Waals surface area contributed by atoms with Gasteiger partial charge in [0.25, 0.3) is 6.29 Å². The molecular weight excluding hydrogens is 396 g/mol. The van der Waals surface area contributed by atoms with Gasteiger partial charge in [0.1, 0.15) is 12.4 Å². The summed E-state index contributed by atoms with van der Waals surface area (Å²) in [6, 6.07) is 5.91. The van der Waals surface area contributed by atoms with E-state index in [4.69, 9.17) is 21.4 Å². The van der Waals surface area contributed by atoms with Crippen molar-refractivity contribution in [3.63, 3.8) is 0 Å². The van der Waals surface area contributed by atoms with E-state index in [1.54, 1.807) is 0 Å². The van der Waals surface area contributed by atoms with Gasteiger partial charge in [0.2, 0.25) is 0 Å². The predicted molar refractivity (Wildman–Crippen MR) is 123 cm³/mol. The average molecular weight is 426 g/mol. The molecule has 2 aliphatic carbocycles. The van der Waals surface area contributed by atoms with Crippen molar-refractivity contribution in [1.29, 1.82) is 0 Å². The molecule has 5 nitrogen and oxygen atoms in total. The molecule has 6 heteroatoms.